The van der Waals surface area contributed by atoms with Crippen molar-refractivity contribution in [2.75, 3.05) is 13.7 Å². The number of unbranched alkanes of at least 4 members (excludes halogenated alkanes) is 4. The number of hydrogen-bond acceptors (Lipinski definition) is 2. The predicted molar refractivity (Wildman–Crippen MR) is 78.2 cm³/mol. The summed E-state index contributed by atoms with van der Waals surface area (Å²) in [7, 11) is 1.73. The third kappa shape index (κ3) is 5.09. The van der Waals surface area contributed by atoms with Crippen molar-refractivity contribution in [3.8, 4) is 5.75 Å². The van der Waals surface area contributed by atoms with Crippen LogP contribution in [0.4, 0.5) is 0 Å². The lowest BCUT2D eigenvalue weighted by atomic mass is 10.1. The summed E-state index contributed by atoms with van der Waals surface area (Å²) in [6, 6.07) is 8.59. The molecule has 0 fully saturated rings. The van der Waals surface area contributed by atoms with Gasteiger partial charge in [0, 0.05) is 11.6 Å². The molecule has 1 aromatic carbocycles. The molecule has 1 aromatic rings. The molecule has 0 aromatic heterocycles. The molecule has 18 heavy (non-hydrogen) atoms. The molecular weight excluding hydrogens is 222 g/mol. The van der Waals surface area contributed by atoms with Gasteiger partial charge in [-0.3, -0.25) is 0 Å². The van der Waals surface area contributed by atoms with E-state index in [2.05, 4.69) is 31.3 Å². The molecule has 0 radical (unpaired) electrons. The standard InChI is InChI=1S/C16H27NO/c1-4-5-6-7-10-13-17-14(2)15-11-8-9-12-16(15)18-3/h8-9,11-12,14,17H,4-7,10,13H2,1-3H3/t14-/m1/s1. The number of para-hydroxylation sites is 1. The van der Waals surface area contributed by atoms with Gasteiger partial charge in [0.1, 0.15) is 5.75 Å². The minimum Gasteiger partial charge on any atom is -0.496 e. The van der Waals surface area contributed by atoms with E-state index in [4.69, 9.17) is 4.74 Å². The van der Waals surface area contributed by atoms with Gasteiger partial charge in [0.15, 0.2) is 0 Å². The molecule has 0 saturated heterocycles. The highest BCUT2D eigenvalue weighted by molar-refractivity contribution is 5.35. The molecule has 0 aliphatic rings. The lowest BCUT2D eigenvalue weighted by Gasteiger charge is -2.17. The maximum absolute atomic E-state index is 5.39. The van der Waals surface area contributed by atoms with Crippen LogP contribution in [0.2, 0.25) is 0 Å². The molecule has 1 N–H and O–H groups in total. The summed E-state index contributed by atoms with van der Waals surface area (Å²) in [5.74, 6) is 0.975. The van der Waals surface area contributed by atoms with Crippen LogP contribution in [0.5, 0.6) is 5.75 Å². The fraction of sp³-hybridized carbons (Fsp3) is 0.625. The second kappa shape index (κ2) is 8.98. The quantitative estimate of drug-likeness (QED) is 0.658. The van der Waals surface area contributed by atoms with E-state index in [0.29, 0.717) is 6.04 Å². The highest BCUT2D eigenvalue weighted by atomic mass is 16.5. The summed E-state index contributed by atoms with van der Waals surface area (Å²) in [4.78, 5) is 0. The molecule has 0 unspecified atom stereocenters. The zero-order chi connectivity index (χ0) is 13.2. The van der Waals surface area contributed by atoms with Crippen molar-refractivity contribution in [2.45, 2.75) is 52.0 Å². The van der Waals surface area contributed by atoms with E-state index in [1.165, 1.54) is 37.7 Å². The first-order chi connectivity index (χ1) is 8.79. The number of hydrogen-bond donors (Lipinski definition) is 1. The van der Waals surface area contributed by atoms with E-state index in [1.807, 2.05) is 12.1 Å². The lowest BCUT2D eigenvalue weighted by Crippen LogP contribution is -2.20. The van der Waals surface area contributed by atoms with E-state index in [0.717, 1.165) is 12.3 Å². The summed E-state index contributed by atoms with van der Waals surface area (Å²) >= 11 is 0. The van der Waals surface area contributed by atoms with E-state index >= 15 is 0 Å². The highest BCUT2D eigenvalue weighted by Crippen LogP contribution is 2.24. The van der Waals surface area contributed by atoms with Gasteiger partial charge in [-0.15, -0.1) is 0 Å². The smallest absolute Gasteiger partial charge is 0.123 e. The molecule has 1 atom stereocenters. The van der Waals surface area contributed by atoms with E-state index in [1.54, 1.807) is 7.11 Å². The van der Waals surface area contributed by atoms with Crippen molar-refractivity contribution >= 4 is 0 Å². The maximum Gasteiger partial charge on any atom is 0.123 e. The Hall–Kier alpha value is -1.02. The Balaban J connectivity index is 2.29. The molecule has 0 spiro atoms. The minimum atomic E-state index is 0.354. The van der Waals surface area contributed by atoms with E-state index < -0.39 is 0 Å². The predicted octanol–water partition coefficient (Wildman–Crippen LogP) is 4.32. The van der Waals surface area contributed by atoms with Crippen LogP contribution >= 0.6 is 0 Å². The summed E-state index contributed by atoms with van der Waals surface area (Å²) in [5, 5.41) is 3.57. The molecule has 2 heteroatoms. The summed E-state index contributed by atoms with van der Waals surface area (Å²) in [6.45, 7) is 5.54. The third-order valence-electron chi connectivity index (χ3n) is 3.34. The Kier molecular flexibility index (Phi) is 7.51. The van der Waals surface area contributed by atoms with Crippen LogP contribution in [0.3, 0.4) is 0 Å². The van der Waals surface area contributed by atoms with Crippen LogP contribution in [-0.2, 0) is 0 Å². The van der Waals surface area contributed by atoms with Crippen molar-refractivity contribution < 1.29 is 4.74 Å². The monoisotopic (exact) mass is 249 g/mol. The fourth-order valence-corrected chi connectivity index (χ4v) is 2.18. The number of nitrogens with one attached hydrogen (secondary N) is 1. The Labute approximate surface area is 112 Å². The van der Waals surface area contributed by atoms with Crippen molar-refractivity contribution in [1.29, 1.82) is 0 Å². The van der Waals surface area contributed by atoms with Crippen molar-refractivity contribution in [3.63, 3.8) is 0 Å². The fourth-order valence-electron chi connectivity index (χ4n) is 2.18. The topological polar surface area (TPSA) is 21.3 Å². The molecule has 0 amide bonds. The van der Waals surface area contributed by atoms with Gasteiger partial charge in [-0.1, -0.05) is 50.8 Å². The second-order valence-corrected chi connectivity index (χ2v) is 4.83. The van der Waals surface area contributed by atoms with Gasteiger partial charge in [-0.25, -0.2) is 0 Å². The van der Waals surface area contributed by atoms with Crippen LogP contribution in [-0.4, -0.2) is 13.7 Å². The van der Waals surface area contributed by atoms with Gasteiger partial charge in [0.25, 0.3) is 0 Å². The first-order valence-corrected chi connectivity index (χ1v) is 7.16. The van der Waals surface area contributed by atoms with E-state index in [9.17, 15) is 0 Å². The Morgan fingerprint density at radius 2 is 1.83 bits per heavy atom. The number of rotatable bonds is 9. The molecule has 0 aliphatic heterocycles. The Morgan fingerprint density at radius 3 is 2.56 bits per heavy atom. The van der Waals surface area contributed by atoms with Gasteiger partial charge >= 0.3 is 0 Å². The largest absolute Gasteiger partial charge is 0.496 e. The molecular formula is C16H27NO. The molecule has 2 nitrogen and oxygen atoms in total. The van der Waals surface area contributed by atoms with Gasteiger partial charge in [-0.05, 0) is 26.0 Å². The van der Waals surface area contributed by atoms with Crippen LogP contribution in [0.1, 0.15) is 57.6 Å². The molecule has 0 heterocycles. The lowest BCUT2D eigenvalue weighted by molar-refractivity contribution is 0.401. The second-order valence-electron chi connectivity index (χ2n) is 4.83. The van der Waals surface area contributed by atoms with Gasteiger partial charge in [0.05, 0.1) is 7.11 Å². The first-order valence-electron chi connectivity index (χ1n) is 7.16. The summed E-state index contributed by atoms with van der Waals surface area (Å²) in [6.07, 6.45) is 6.63. The summed E-state index contributed by atoms with van der Waals surface area (Å²) < 4.78 is 5.39. The Morgan fingerprint density at radius 1 is 1.11 bits per heavy atom. The first kappa shape index (κ1) is 15.0. The normalized spacial score (nSPS) is 12.4. The number of methoxy groups -OCH3 is 1. The van der Waals surface area contributed by atoms with Crippen molar-refractivity contribution in [3.05, 3.63) is 29.8 Å². The maximum atomic E-state index is 5.39. The van der Waals surface area contributed by atoms with Crippen LogP contribution in [0.15, 0.2) is 24.3 Å². The average Bonchev–Trinajstić information content (AvgIpc) is 2.42. The number of ether oxygens (including phenoxy) is 1. The van der Waals surface area contributed by atoms with Crippen LogP contribution in [0, 0.1) is 0 Å². The molecule has 0 bridgehead atoms. The molecule has 0 saturated carbocycles. The zero-order valence-corrected chi connectivity index (χ0v) is 12.0. The van der Waals surface area contributed by atoms with Crippen LogP contribution < -0.4 is 10.1 Å². The zero-order valence-electron chi connectivity index (χ0n) is 12.0. The van der Waals surface area contributed by atoms with Gasteiger partial charge in [0.2, 0.25) is 0 Å². The average molecular weight is 249 g/mol. The van der Waals surface area contributed by atoms with Gasteiger partial charge in [-0.2, -0.15) is 0 Å². The van der Waals surface area contributed by atoms with Crippen LogP contribution in [0.25, 0.3) is 0 Å². The highest BCUT2D eigenvalue weighted by Gasteiger charge is 2.09. The van der Waals surface area contributed by atoms with Crippen molar-refractivity contribution in [1.82, 2.24) is 5.32 Å². The summed E-state index contributed by atoms with van der Waals surface area (Å²) in [5.41, 5.74) is 1.24. The molecule has 1 rings (SSSR count). The third-order valence-corrected chi connectivity index (χ3v) is 3.34. The molecule has 0 aliphatic carbocycles. The SMILES string of the molecule is CCCCCCCN[C@H](C)c1ccccc1OC. The Bertz CT molecular complexity index is 325. The van der Waals surface area contributed by atoms with E-state index in [-0.39, 0.29) is 0 Å². The minimum absolute atomic E-state index is 0.354. The number of benzene rings is 1. The molecule has 102 valence electrons. The van der Waals surface area contributed by atoms with Gasteiger partial charge < -0.3 is 10.1 Å². The van der Waals surface area contributed by atoms with Crippen molar-refractivity contribution in [2.24, 2.45) is 0 Å².